The maximum absolute atomic E-state index is 12.1. The average Bonchev–Trinajstić information content (AvgIpc) is 2.52. The molecule has 0 aromatic heterocycles. The molecular formula is C17H25ClN4O3. The lowest BCUT2D eigenvalue weighted by molar-refractivity contribution is -0.122. The summed E-state index contributed by atoms with van der Waals surface area (Å²) >= 11 is 6.12. The van der Waals surface area contributed by atoms with Crippen molar-refractivity contribution in [3.05, 3.63) is 28.8 Å². The maximum Gasteiger partial charge on any atom is 0.319 e. The summed E-state index contributed by atoms with van der Waals surface area (Å²) < 4.78 is 0. The van der Waals surface area contributed by atoms with Gasteiger partial charge >= 0.3 is 6.03 Å². The molecule has 0 radical (unpaired) electrons. The van der Waals surface area contributed by atoms with Crippen LogP contribution in [-0.2, 0) is 4.79 Å². The molecule has 0 spiro atoms. The summed E-state index contributed by atoms with van der Waals surface area (Å²) in [6.45, 7) is 5.63. The predicted molar refractivity (Wildman–Crippen MR) is 99.0 cm³/mol. The van der Waals surface area contributed by atoms with Crippen LogP contribution in [0.5, 0.6) is 0 Å². The second kappa shape index (κ2) is 9.88. The van der Waals surface area contributed by atoms with E-state index in [1.165, 1.54) is 19.2 Å². The van der Waals surface area contributed by atoms with Gasteiger partial charge in [-0.15, -0.1) is 0 Å². The van der Waals surface area contributed by atoms with Crippen LogP contribution in [0.3, 0.4) is 0 Å². The minimum Gasteiger partial charge on any atom is -0.357 e. The number of urea groups is 1. The molecule has 0 saturated heterocycles. The quantitative estimate of drug-likeness (QED) is 0.595. The van der Waals surface area contributed by atoms with Crippen molar-refractivity contribution in [3.63, 3.8) is 0 Å². The molecule has 1 aromatic carbocycles. The Bertz CT molecular complexity index is 634. The summed E-state index contributed by atoms with van der Waals surface area (Å²) in [6, 6.07) is 3.48. The molecule has 1 rings (SSSR count). The SMILES string of the molecule is CCCC(NC(=O)Nc1ccc(C(=O)NC(C)C)c(Cl)c1)C(=O)NC. The fourth-order valence-corrected chi connectivity index (χ4v) is 2.44. The van der Waals surface area contributed by atoms with Gasteiger partial charge in [0.1, 0.15) is 6.04 Å². The first-order valence-electron chi connectivity index (χ1n) is 8.18. The van der Waals surface area contributed by atoms with Crippen LogP contribution in [0.4, 0.5) is 10.5 Å². The summed E-state index contributed by atoms with van der Waals surface area (Å²) in [5.74, 6) is -0.533. The van der Waals surface area contributed by atoms with Gasteiger partial charge in [-0.1, -0.05) is 24.9 Å². The first-order valence-corrected chi connectivity index (χ1v) is 8.55. The van der Waals surface area contributed by atoms with Crippen molar-refractivity contribution < 1.29 is 14.4 Å². The van der Waals surface area contributed by atoms with E-state index in [1.807, 2.05) is 20.8 Å². The molecule has 4 N–H and O–H groups in total. The van der Waals surface area contributed by atoms with E-state index < -0.39 is 12.1 Å². The third-order valence-electron chi connectivity index (χ3n) is 3.34. The Morgan fingerprint density at radius 1 is 1.16 bits per heavy atom. The topological polar surface area (TPSA) is 99.3 Å². The molecular weight excluding hydrogens is 344 g/mol. The van der Waals surface area contributed by atoms with Gasteiger partial charge in [0.15, 0.2) is 0 Å². The largest absolute Gasteiger partial charge is 0.357 e. The van der Waals surface area contributed by atoms with Crippen molar-refractivity contribution in [3.8, 4) is 0 Å². The van der Waals surface area contributed by atoms with Crippen molar-refractivity contribution in [2.75, 3.05) is 12.4 Å². The molecule has 0 fully saturated rings. The number of carbonyl (C=O) groups is 3. The van der Waals surface area contributed by atoms with E-state index in [-0.39, 0.29) is 22.9 Å². The zero-order chi connectivity index (χ0) is 19.0. The number of rotatable bonds is 7. The molecule has 1 atom stereocenters. The molecule has 1 aromatic rings. The number of amides is 4. The molecule has 8 heteroatoms. The molecule has 0 saturated carbocycles. The van der Waals surface area contributed by atoms with Crippen LogP contribution in [0.25, 0.3) is 0 Å². The summed E-state index contributed by atoms with van der Waals surface area (Å²) in [6.07, 6.45) is 1.28. The number of carbonyl (C=O) groups excluding carboxylic acids is 3. The zero-order valence-corrected chi connectivity index (χ0v) is 15.7. The van der Waals surface area contributed by atoms with E-state index in [0.29, 0.717) is 17.7 Å². The molecule has 0 bridgehead atoms. The van der Waals surface area contributed by atoms with E-state index in [1.54, 1.807) is 6.07 Å². The van der Waals surface area contributed by atoms with Gasteiger partial charge in [0.2, 0.25) is 5.91 Å². The third kappa shape index (κ3) is 6.62. The van der Waals surface area contributed by atoms with E-state index in [2.05, 4.69) is 21.3 Å². The van der Waals surface area contributed by atoms with Gasteiger partial charge in [0.25, 0.3) is 5.91 Å². The van der Waals surface area contributed by atoms with Gasteiger partial charge in [0.05, 0.1) is 10.6 Å². The first-order chi connectivity index (χ1) is 11.8. The van der Waals surface area contributed by atoms with Crippen molar-refractivity contribution in [2.24, 2.45) is 0 Å². The van der Waals surface area contributed by atoms with Gasteiger partial charge in [0, 0.05) is 18.8 Å². The smallest absolute Gasteiger partial charge is 0.319 e. The molecule has 0 aliphatic carbocycles. The Kier molecular flexibility index (Phi) is 8.21. The third-order valence-corrected chi connectivity index (χ3v) is 3.65. The van der Waals surface area contributed by atoms with Crippen LogP contribution in [0.15, 0.2) is 18.2 Å². The average molecular weight is 369 g/mol. The zero-order valence-electron chi connectivity index (χ0n) is 14.9. The second-order valence-electron chi connectivity index (χ2n) is 5.88. The van der Waals surface area contributed by atoms with Crippen LogP contribution >= 0.6 is 11.6 Å². The van der Waals surface area contributed by atoms with Crippen molar-refractivity contribution >= 4 is 35.1 Å². The fourth-order valence-electron chi connectivity index (χ4n) is 2.17. The van der Waals surface area contributed by atoms with Crippen LogP contribution in [0, 0.1) is 0 Å². The highest BCUT2D eigenvalue weighted by molar-refractivity contribution is 6.34. The Labute approximate surface area is 152 Å². The van der Waals surface area contributed by atoms with E-state index in [4.69, 9.17) is 11.6 Å². The number of nitrogens with one attached hydrogen (secondary N) is 4. The van der Waals surface area contributed by atoms with E-state index >= 15 is 0 Å². The number of benzene rings is 1. The van der Waals surface area contributed by atoms with Gasteiger partial charge < -0.3 is 21.3 Å². The highest BCUT2D eigenvalue weighted by Gasteiger charge is 2.19. The number of anilines is 1. The molecule has 7 nitrogen and oxygen atoms in total. The van der Waals surface area contributed by atoms with Crippen LogP contribution < -0.4 is 21.3 Å². The second-order valence-corrected chi connectivity index (χ2v) is 6.28. The van der Waals surface area contributed by atoms with Gasteiger partial charge in [-0.3, -0.25) is 9.59 Å². The molecule has 0 aliphatic rings. The first kappa shape index (κ1) is 20.8. The van der Waals surface area contributed by atoms with Crippen LogP contribution in [-0.4, -0.2) is 37.0 Å². The number of halogens is 1. The number of hydrogen-bond donors (Lipinski definition) is 4. The van der Waals surface area contributed by atoms with Gasteiger partial charge in [-0.25, -0.2) is 4.79 Å². The van der Waals surface area contributed by atoms with Crippen molar-refractivity contribution in [2.45, 2.75) is 45.7 Å². The summed E-state index contributed by atoms with van der Waals surface area (Å²) in [5, 5.41) is 10.7. The molecule has 25 heavy (non-hydrogen) atoms. The number of hydrogen-bond acceptors (Lipinski definition) is 3. The lowest BCUT2D eigenvalue weighted by Gasteiger charge is -2.17. The van der Waals surface area contributed by atoms with Crippen LogP contribution in [0.1, 0.15) is 44.0 Å². The Morgan fingerprint density at radius 2 is 1.84 bits per heavy atom. The standard InChI is InChI=1S/C17H25ClN4O3/c1-5-6-14(16(24)19-4)22-17(25)21-11-7-8-12(13(18)9-11)15(23)20-10(2)3/h7-10,14H,5-6H2,1-4H3,(H,19,24)(H,20,23)(H2,21,22,25). The summed E-state index contributed by atoms with van der Waals surface area (Å²) in [4.78, 5) is 35.8. The normalized spacial score (nSPS) is 11.6. The molecule has 4 amide bonds. The maximum atomic E-state index is 12.1. The summed E-state index contributed by atoms with van der Waals surface area (Å²) in [5.41, 5.74) is 0.756. The fraction of sp³-hybridized carbons (Fsp3) is 0.471. The van der Waals surface area contributed by atoms with E-state index in [0.717, 1.165) is 6.42 Å². The lowest BCUT2D eigenvalue weighted by atomic mass is 10.1. The molecule has 1 unspecified atom stereocenters. The monoisotopic (exact) mass is 368 g/mol. The molecule has 0 aliphatic heterocycles. The highest BCUT2D eigenvalue weighted by Crippen LogP contribution is 2.21. The van der Waals surface area contributed by atoms with E-state index in [9.17, 15) is 14.4 Å². The minimum absolute atomic E-state index is 0.00708. The highest BCUT2D eigenvalue weighted by atomic mass is 35.5. The molecule has 0 heterocycles. The molecule has 138 valence electrons. The van der Waals surface area contributed by atoms with Gasteiger partial charge in [-0.05, 0) is 38.5 Å². The Hall–Kier alpha value is -2.28. The number of likely N-dealkylation sites (N-methyl/N-ethyl adjacent to an activating group) is 1. The van der Waals surface area contributed by atoms with Gasteiger partial charge in [-0.2, -0.15) is 0 Å². The van der Waals surface area contributed by atoms with Crippen molar-refractivity contribution in [1.29, 1.82) is 0 Å². The Morgan fingerprint density at radius 3 is 2.36 bits per heavy atom. The van der Waals surface area contributed by atoms with Crippen molar-refractivity contribution in [1.82, 2.24) is 16.0 Å². The predicted octanol–water partition coefficient (Wildman–Crippen LogP) is 2.51. The Balaban J connectivity index is 2.76. The minimum atomic E-state index is -0.610. The lowest BCUT2D eigenvalue weighted by Crippen LogP contribution is -2.47. The summed E-state index contributed by atoms with van der Waals surface area (Å²) in [7, 11) is 1.52. The van der Waals surface area contributed by atoms with Crippen LogP contribution in [0.2, 0.25) is 5.02 Å².